The third-order valence-electron chi connectivity index (χ3n) is 3.88. The van der Waals surface area contributed by atoms with Gasteiger partial charge in [-0.15, -0.1) is 11.3 Å². The number of ether oxygens (including phenoxy) is 2. The van der Waals surface area contributed by atoms with E-state index in [-0.39, 0.29) is 12.2 Å². The highest BCUT2D eigenvalue weighted by Crippen LogP contribution is 2.31. The minimum atomic E-state index is 0.130. The highest BCUT2D eigenvalue weighted by atomic mass is 32.1. The monoisotopic (exact) mass is 313 g/mol. The van der Waals surface area contributed by atoms with Crippen molar-refractivity contribution < 1.29 is 9.47 Å². The fraction of sp³-hybridized carbons (Fsp3) is 0.800. The van der Waals surface area contributed by atoms with Gasteiger partial charge in [0.05, 0.1) is 5.69 Å². The van der Waals surface area contributed by atoms with Gasteiger partial charge in [0.15, 0.2) is 5.13 Å². The summed E-state index contributed by atoms with van der Waals surface area (Å²) in [6, 6.07) is 0. The zero-order valence-corrected chi connectivity index (χ0v) is 14.3. The Labute approximate surface area is 131 Å². The third-order valence-corrected chi connectivity index (χ3v) is 5.04. The molecule has 0 radical (unpaired) electrons. The Morgan fingerprint density at radius 3 is 2.43 bits per heavy atom. The molecule has 0 amide bonds. The summed E-state index contributed by atoms with van der Waals surface area (Å²) < 4.78 is 11.0. The fourth-order valence-electron chi connectivity index (χ4n) is 2.67. The number of nitrogens with zero attached hydrogens (tertiary/aromatic N) is 2. The first-order valence-corrected chi connectivity index (χ1v) is 8.54. The Morgan fingerprint density at radius 1 is 1.24 bits per heavy atom. The van der Waals surface area contributed by atoms with Gasteiger partial charge in [0.2, 0.25) is 0 Å². The van der Waals surface area contributed by atoms with E-state index in [0.29, 0.717) is 0 Å². The molecule has 6 heteroatoms. The highest BCUT2D eigenvalue weighted by molar-refractivity contribution is 7.15. The quantitative estimate of drug-likeness (QED) is 0.796. The van der Waals surface area contributed by atoms with E-state index in [1.807, 2.05) is 0 Å². The van der Waals surface area contributed by atoms with Crippen LogP contribution in [0.15, 0.2) is 0 Å². The number of thiazole rings is 1. The number of nitrogens with one attached hydrogen (secondary N) is 1. The molecule has 1 saturated heterocycles. The zero-order valence-electron chi connectivity index (χ0n) is 13.5. The van der Waals surface area contributed by atoms with Crippen LogP contribution in [0.25, 0.3) is 0 Å². The second-order valence-corrected chi connectivity index (χ2v) is 6.41. The maximum Gasteiger partial charge on any atom is 0.186 e. The third kappa shape index (κ3) is 3.94. The lowest BCUT2D eigenvalue weighted by molar-refractivity contribution is -0.00461. The standard InChI is InChI=1S/C15H27N3O2S/c1-5-7-11-14(8-16-6-2)21-15(17-11)18-9-12(19-3)13(10-18)20-4/h12-13,16H,5-10H2,1-4H3. The number of hydrogen-bond donors (Lipinski definition) is 1. The maximum absolute atomic E-state index is 5.51. The largest absolute Gasteiger partial charge is 0.377 e. The lowest BCUT2D eigenvalue weighted by Crippen LogP contribution is -2.27. The van der Waals surface area contributed by atoms with Crippen molar-refractivity contribution in [2.75, 3.05) is 38.8 Å². The van der Waals surface area contributed by atoms with Gasteiger partial charge in [-0.05, 0) is 13.0 Å². The van der Waals surface area contributed by atoms with Crippen LogP contribution in [0.3, 0.4) is 0 Å². The van der Waals surface area contributed by atoms with Crippen molar-refractivity contribution in [2.45, 2.75) is 45.4 Å². The van der Waals surface area contributed by atoms with Crippen molar-refractivity contribution >= 4 is 16.5 Å². The van der Waals surface area contributed by atoms with Gasteiger partial charge in [-0.1, -0.05) is 20.3 Å². The Kier molecular flexibility index (Phi) is 6.41. The second-order valence-electron chi connectivity index (χ2n) is 5.35. The van der Waals surface area contributed by atoms with Crippen molar-refractivity contribution in [3.8, 4) is 0 Å². The number of rotatable bonds is 8. The molecule has 2 unspecified atom stereocenters. The maximum atomic E-state index is 5.51. The van der Waals surface area contributed by atoms with E-state index in [2.05, 4.69) is 24.1 Å². The van der Waals surface area contributed by atoms with Crippen LogP contribution < -0.4 is 10.2 Å². The van der Waals surface area contributed by atoms with Crippen molar-refractivity contribution in [3.05, 3.63) is 10.6 Å². The number of aryl methyl sites for hydroxylation is 1. The summed E-state index contributed by atoms with van der Waals surface area (Å²) in [6.45, 7) is 7.95. The van der Waals surface area contributed by atoms with Gasteiger partial charge in [-0.2, -0.15) is 0 Å². The SMILES string of the molecule is CCCc1nc(N2CC(OC)C(OC)C2)sc1CNCC. The fourth-order valence-corrected chi connectivity index (χ4v) is 3.76. The second kappa shape index (κ2) is 8.08. The first kappa shape index (κ1) is 16.7. The molecule has 1 fully saturated rings. The van der Waals surface area contributed by atoms with Crippen LogP contribution in [0.4, 0.5) is 5.13 Å². The van der Waals surface area contributed by atoms with Crippen LogP contribution >= 0.6 is 11.3 Å². The normalized spacial score (nSPS) is 22.2. The molecule has 2 atom stereocenters. The number of aromatic nitrogens is 1. The molecule has 1 aliphatic rings. The molecule has 0 aromatic carbocycles. The lowest BCUT2D eigenvalue weighted by Gasteiger charge is -2.13. The average Bonchev–Trinajstić information content (AvgIpc) is 3.09. The molecule has 2 rings (SSSR count). The van der Waals surface area contributed by atoms with Gasteiger partial charge in [-0.3, -0.25) is 0 Å². The van der Waals surface area contributed by atoms with E-state index in [1.54, 1.807) is 25.6 Å². The summed E-state index contributed by atoms with van der Waals surface area (Å²) in [5.41, 5.74) is 1.24. The minimum Gasteiger partial charge on any atom is -0.377 e. The molecule has 0 aliphatic carbocycles. The van der Waals surface area contributed by atoms with Crippen molar-refractivity contribution in [1.29, 1.82) is 0 Å². The van der Waals surface area contributed by atoms with E-state index in [9.17, 15) is 0 Å². The van der Waals surface area contributed by atoms with Crippen LogP contribution in [0.2, 0.25) is 0 Å². The van der Waals surface area contributed by atoms with Gasteiger partial charge >= 0.3 is 0 Å². The number of anilines is 1. The Hall–Kier alpha value is -0.690. The van der Waals surface area contributed by atoms with Crippen molar-refractivity contribution in [2.24, 2.45) is 0 Å². The molecule has 0 saturated carbocycles. The summed E-state index contributed by atoms with van der Waals surface area (Å²) in [7, 11) is 3.50. The molecule has 1 N–H and O–H groups in total. The minimum absolute atomic E-state index is 0.130. The van der Waals surface area contributed by atoms with Crippen LogP contribution in [-0.4, -0.2) is 51.0 Å². The molecule has 5 nitrogen and oxygen atoms in total. The predicted octanol–water partition coefficient (Wildman–Crippen LogP) is 2.06. The molecule has 120 valence electrons. The molecule has 0 bridgehead atoms. The first-order chi connectivity index (χ1) is 10.2. The summed E-state index contributed by atoms with van der Waals surface area (Å²) in [4.78, 5) is 8.52. The van der Waals surface area contributed by atoms with Crippen LogP contribution in [0.5, 0.6) is 0 Å². The lowest BCUT2D eigenvalue weighted by atomic mass is 10.2. The summed E-state index contributed by atoms with van der Waals surface area (Å²) in [6.07, 6.45) is 2.44. The molecule has 1 aromatic heterocycles. The summed E-state index contributed by atoms with van der Waals surface area (Å²) in [5.74, 6) is 0. The van der Waals surface area contributed by atoms with Gasteiger partial charge in [-0.25, -0.2) is 4.98 Å². The Bertz CT molecular complexity index is 427. The predicted molar refractivity (Wildman–Crippen MR) is 87.3 cm³/mol. The molecular weight excluding hydrogens is 286 g/mol. The number of hydrogen-bond acceptors (Lipinski definition) is 6. The zero-order chi connectivity index (χ0) is 15.2. The van der Waals surface area contributed by atoms with E-state index in [0.717, 1.165) is 44.2 Å². The van der Waals surface area contributed by atoms with Crippen LogP contribution in [0.1, 0.15) is 30.8 Å². The molecule has 0 spiro atoms. The molecule has 2 heterocycles. The van der Waals surface area contributed by atoms with Crippen LogP contribution in [0, 0.1) is 0 Å². The summed E-state index contributed by atoms with van der Waals surface area (Å²) in [5, 5.41) is 4.51. The average molecular weight is 313 g/mol. The van der Waals surface area contributed by atoms with Gasteiger partial charge < -0.3 is 19.7 Å². The topological polar surface area (TPSA) is 46.6 Å². The van der Waals surface area contributed by atoms with E-state index >= 15 is 0 Å². The van der Waals surface area contributed by atoms with Crippen molar-refractivity contribution in [3.63, 3.8) is 0 Å². The van der Waals surface area contributed by atoms with E-state index in [4.69, 9.17) is 14.5 Å². The molecule has 1 aliphatic heterocycles. The molecular formula is C15H27N3O2S. The number of methoxy groups -OCH3 is 2. The van der Waals surface area contributed by atoms with E-state index in [1.165, 1.54) is 10.6 Å². The molecule has 1 aromatic rings. The van der Waals surface area contributed by atoms with Gasteiger partial charge in [0.25, 0.3) is 0 Å². The molecule has 21 heavy (non-hydrogen) atoms. The van der Waals surface area contributed by atoms with Gasteiger partial charge in [0, 0.05) is 38.7 Å². The highest BCUT2D eigenvalue weighted by Gasteiger charge is 2.34. The van der Waals surface area contributed by atoms with Gasteiger partial charge in [0.1, 0.15) is 12.2 Å². The first-order valence-electron chi connectivity index (χ1n) is 7.73. The summed E-state index contributed by atoms with van der Waals surface area (Å²) >= 11 is 1.80. The smallest absolute Gasteiger partial charge is 0.186 e. The Morgan fingerprint density at radius 2 is 1.90 bits per heavy atom. The Balaban J connectivity index is 2.12. The van der Waals surface area contributed by atoms with Crippen LogP contribution in [-0.2, 0) is 22.4 Å². The van der Waals surface area contributed by atoms with Crippen molar-refractivity contribution in [1.82, 2.24) is 10.3 Å². The van der Waals surface area contributed by atoms with E-state index < -0.39 is 0 Å².